The minimum absolute atomic E-state index is 0.0390. The predicted octanol–water partition coefficient (Wildman–Crippen LogP) is 4.58. The summed E-state index contributed by atoms with van der Waals surface area (Å²) in [7, 11) is 0. The summed E-state index contributed by atoms with van der Waals surface area (Å²) in [6.45, 7) is 4.92. The maximum Gasteiger partial charge on any atom is 0.257 e. The highest BCUT2D eigenvalue weighted by Gasteiger charge is 2.18. The fraction of sp³-hybridized carbons (Fsp3) is 0.143. The average Bonchev–Trinajstić information content (AvgIpc) is 2.93. The number of aromatic nitrogens is 1. The van der Waals surface area contributed by atoms with E-state index in [1.807, 2.05) is 11.5 Å². The number of carbonyl (C=O) groups excluding carboxylic acids is 2. The van der Waals surface area contributed by atoms with E-state index in [2.05, 4.69) is 10.6 Å². The Morgan fingerprint density at radius 3 is 2.25 bits per heavy atom. The molecule has 3 rings (SSSR count). The molecule has 0 aliphatic heterocycles. The van der Waals surface area contributed by atoms with Gasteiger partial charge in [-0.1, -0.05) is 0 Å². The smallest absolute Gasteiger partial charge is 0.257 e. The van der Waals surface area contributed by atoms with Gasteiger partial charge in [0.15, 0.2) is 0 Å². The quantitative estimate of drug-likeness (QED) is 0.693. The minimum Gasteiger partial charge on any atom is -0.326 e. The Kier molecular flexibility index (Phi) is 5.26. The minimum atomic E-state index is -0.616. The zero-order valence-corrected chi connectivity index (χ0v) is 15.6. The molecule has 3 aromatic rings. The molecule has 2 N–H and O–H groups in total. The molecule has 0 spiro atoms. The van der Waals surface area contributed by atoms with E-state index in [4.69, 9.17) is 0 Å². The molecule has 1 aromatic heterocycles. The number of carbonyl (C=O) groups is 2. The summed E-state index contributed by atoms with van der Waals surface area (Å²) in [4.78, 5) is 23.9. The number of nitrogens with one attached hydrogen (secondary N) is 2. The van der Waals surface area contributed by atoms with Gasteiger partial charge in [-0.2, -0.15) is 0 Å². The van der Waals surface area contributed by atoms with Crippen LogP contribution in [-0.4, -0.2) is 16.4 Å². The fourth-order valence-electron chi connectivity index (χ4n) is 3.07. The standard InChI is InChI=1S/C21H19F2N3O2/c1-12-10-18(13(2)26(12)17-7-4-15(22)5-8-17)21(28)25-20-11-16(24-14(3)27)6-9-19(20)23/h4-11H,1-3H3,(H,24,27)(H,25,28). The summed E-state index contributed by atoms with van der Waals surface area (Å²) >= 11 is 0. The van der Waals surface area contributed by atoms with Crippen LogP contribution < -0.4 is 10.6 Å². The van der Waals surface area contributed by atoms with Gasteiger partial charge in [0.2, 0.25) is 5.91 Å². The van der Waals surface area contributed by atoms with Crippen LogP contribution in [0.2, 0.25) is 0 Å². The van der Waals surface area contributed by atoms with Crippen molar-refractivity contribution in [3.63, 3.8) is 0 Å². The second-order valence-electron chi connectivity index (χ2n) is 6.43. The molecule has 2 aromatic carbocycles. The first-order valence-electron chi connectivity index (χ1n) is 8.59. The number of hydrogen-bond donors (Lipinski definition) is 2. The summed E-state index contributed by atoms with van der Waals surface area (Å²) < 4.78 is 29.1. The number of anilines is 2. The zero-order valence-electron chi connectivity index (χ0n) is 15.6. The second-order valence-corrected chi connectivity index (χ2v) is 6.43. The van der Waals surface area contributed by atoms with Gasteiger partial charge in [0.25, 0.3) is 5.91 Å². The third kappa shape index (κ3) is 3.93. The normalized spacial score (nSPS) is 10.6. The molecule has 7 heteroatoms. The molecule has 0 aliphatic rings. The SMILES string of the molecule is CC(=O)Nc1ccc(F)c(NC(=O)c2cc(C)n(-c3ccc(F)cc3)c2C)c1. The summed E-state index contributed by atoms with van der Waals surface area (Å²) in [6, 6.07) is 11.5. The molecule has 28 heavy (non-hydrogen) atoms. The first kappa shape index (κ1) is 19.3. The van der Waals surface area contributed by atoms with E-state index >= 15 is 0 Å². The van der Waals surface area contributed by atoms with Crippen LogP contribution in [0.25, 0.3) is 5.69 Å². The molecule has 0 bridgehead atoms. The number of nitrogens with zero attached hydrogens (tertiary/aromatic N) is 1. The molecule has 2 amide bonds. The molecule has 0 atom stereocenters. The van der Waals surface area contributed by atoms with E-state index in [0.29, 0.717) is 22.6 Å². The van der Waals surface area contributed by atoms with Gasteiger partial charge < -0.3 is 15.2 Å². The van der Waals surface area contributed by atoms with Gasteiger partial charge in [-0.25, -0.2) is 8.78 Å². The second kappa shape index (κ2) is 7.64. The number of halogens is 2. The molecule has 144 valence electrons. The van der Waals surface area contributed by atoms with Crippen LogP contribution in [0.4, 0.5) is 20.2 Å². The lowest BCUT2D eigenvalue weighted by Gasteiger charge is -2.11. The Labute approximate surface area is 161 Å². The van der Waals surface area contributed by atoms with Gasteiger partial charge in [-0.15, -0.1) is 0 Å². The number of benzene rings is 2. The molecule has 0 unspecified atom stereocenters. The number of rotatable bonds is 4. The fourth-order valence-corrected chi connectivity index (χ4v) is 3.07. The highest BCUT2D eigenvalue weighted by molar-refractivity contribution is 6.06. The van der Waals surface area contributed by atoms with Crippen molar-refractivity contribution in [2.75, 3.05) is 10.6 Å². The van der Waals surface area contributed by atoms with E-state index in [-0.39, 0.29) is 17.4 Å². The predicted molar refractivity (Wildman–Crippen MR) is 104 cm³/mol. The average molecular weight is 383 g/mol. The van der Waals surface area contributed by atoms with Crippen molar-refractivity contribution in [2.45, 2.75) is 20.8 Å². The molecule has 0 radical (unpaired) electrons. The third-order valence-corrected chi connectivity index (χ3v) is 4.30. The largest absolute Gasteiger partial charge is 0.326 e. The van der Waals surface area contributed by atoms with E-state index in [0.717, 1.165) is 5.69 Å². The van der Waals surface area contributed by atoms with Gasteiger partial charge in [0.05, 0.1) is 11.3 Å². The van der Waals surface area contributed by atoms with Crippen molar-refractivity contribution >= 4 is 23.2 Å². The molecular weight excluding hydrogens is 364 g/mol. The lowest BCUT2D eigenvalue weighted by molar-refractivity contribution is -0.114. The first-order chi connectivity index (χ1) is 13.3. The van der Waals surface area contributed by atoms with Crippen LogP contribution in [0, 0.1) is 25.5 Å². The van der Waals surface area contributed by atoms with Gasteiger partial charge in [0, 0.05) is 29.7 Å². The van der Waals surface area contributed by atoms with Crippen molar-refractivity contribution in [2.24, 2.45) is 0 Å². The van der Waals surface area contributed by atoms with Crippen molar-refractivity contribution < 1.29 is 18.4 Å². The van der Waals surface area contributed by atoms with Gasteiger partial charge in [0.1, 0.15) is 11.6 Å². The van der Waals surface area contributed by atoms with Gasteiger partial charge >= 0.3 is 0 Å². The third-order valence-electron chi connectivity index (χ3n) is 4.30. The first-order valence-corrected chi connectivity index (χ1v) is 8.59. The van der Waals surface area contributed by atoms with Crippen molar-refractivity contribution in [1.82, 2.24) is 4.57 Å². The van der Waals surface area contributed by atoms with Crippen LogP contribution in [0.1, 0.15) is 28.7 Å². The van der Waals surface area contributed by atoms with Gasteiger partial charge in [-0.3, -0.25) is 9.59 Å². The monoisotopic (exact) mass is 383 g/mol. The number of aryl methyl sites for hydroxylation is 1. The zero-order chi connectivity index (χ0) is 20.4. The van der Waals surface area contributed by atoms with Crippen LogP contribution >= 0.6 is 0 Å². The maximum absolute atomic E-state index is 14.1. The Hall–Kier alpha value is -3.48. The van der Waals surface area contributed by atoms with Crippen LogP contribution in [0.3, 0.4) is 0 Å². The summed E-state index contributed by atoms with van der Waals surface area (Å²) in [5, 5.41) is 5.09. The Balaban J connectivity index is 1.91. The highest BCUT2D eigenvalue weighted by Crippen LogP contribution is 2.24. The lowest BCUT2D eigenvalue weighted by Crippen LogP contribution is -2.15. The topological polar surface area (TPSA) is 63.1 Å². The van der Waals surface area contributed by atoms with Crippen LogP contribution in [0.5, 0.6) is 0 Å². The van der Waals surface area contributed by atoms with E-state index in [1.165, 1.54) is 37.3 Å². The molecule has 0 fully saturated rings. The molecular formula is C21H19F2N3O2. The summed E-state index contributed by atoms with van der Waals surface area (Å²) in [5.74, 6) is -1.75. The van der Waals surface area contributed by atoms with Crippen molar-refractivity contribution in [3.8, 4) is 5.69 Å². The number of amides is 2. The lowest BCUT2D eigenvalue weighted by atomic mass is 10.2. The molecule has 0 saturated carbocycles. The maximum atomic E-state index is 14.1. The van der Waals surface area contributed by atoms with E-state index in [9.17, 15) is 18.4 Å². The molecule has 1 heterocycles. The van der Waals surface area contributed by atoms with Crippen molar-refractivity contribution in [1.29, 1.82) is 0 Å². The van der Waals surface area contributed by atoms with Crippen LogP contribution in [-0.2, 0) is 4.79 Å². The Morgan fingerprint density at radius 2 is 1.61 bits per heavy atom. The summed E-state index contributed by atoms with van der Waals surface area (Å²) in [6.07, 6.45) is 0. The Bertz CT molecular complexity index is 1060. The molecule has 0 aliphatic carbocycles. The van der Waals surface area contributed by atoms with Gasteiger partial charge in [-0.05, 0) is 62.4 Å². The van der Waals surface area contributed by atoms with E-state index in [1.54, 1.807) is 25.1 Å². The molecule has 5 nitrogen and oxygen atoms in total. The molecule has 0 saturated heterocycles. The number of hydrogen-bond acceptors (Lipinski definition) is 2. The van der Waals surface area contributed by atoms with E-state index < -0.39 is 11.7 Å². The Morgan fingerprint density at radius 1 is 0.929 bits per heavy atom. The highest BCUT2D eigenvalue weighted by atomic mass is 19.1. The van der Waals surface area contributed by atoms with Crippen LogP contribution in [0.15, 0.2) is 48.5 Å². The van der Waals surface area contributed by atoms with Crippen molar-refractivity contribution in [3.05, 3.63) is 77.1 Å². The summed E-state index contributed by atoms with van der Waals surface area (Å²) in [5.41, 5.74) is 2.84.